The molecule has 1 aliphatic rings. The molecular formula is C21H25N3O7S. The summed E-state index contributed by atoms with van der Waals surface area (Å²) < 4.78 is 43.1. The van der Waals surface area contributed by atoms with Crippen molar-refractivity contribution in [2.45, 2.75) is 24.8 Å². The first-order chi connectivity index (χ1) is 15.0. The molecule has 1 unspecified atom stereocenters. The van der Waals surface area contributed by atoms with E-state index in [1.165, 1.54) is 33.4 Å². The first-order valence-electron chi connectivity index (χ1n) is 9.66. The number of nitrogens with zero attached hydrogens (tertiary/aromatic N) is 1. The van der Waals surface area contributed by atoms with Crippen LogP contribution in [0.3, 0.4) is 0 Å². The number of carbonyl (C=O) groups is 2. The van der Waals surface area contributed by atoms with Crippen LogP contribution in [0, 0.1) is 6.92 Å². The van der Waals surface area contributed by atoms with Crippen LogP contribution in [0.5, 0.6) is 17.2 Å². The second-order valence-corrected chi connectivity index (χ2v) is 9.29. The molecule has 32 heavy (non-hydrogen) atoms. The topological polar surface area (TPSA) is 123 Å². The van der Waals surface area contributed by atoms with E-state index in [0.717, 1.165) is 4.31 Å². The van der Waals surface area contributed by atoms with Gasteiger partial charge < -0.3 is 24.8 Å². The van der Waals surface area contributed by atoms with Gasteiger partial charge in [0.05, 0.1) is 31.3 Å². The molecule has 1 heterocycles. The third kappa shape index (κ3) is 4.78. The van der Waals surface area contributed by atoms with E-state index in [9.17, 15) is 18.0 Å². The molecule has 0 saturated carbocycles. The Morgan fingerprint density at radius 2 is 1.78 bits per heavy atom. The van der Waals surface area contributed by atoms with Gasteiger partial charge in [-0.2, -0.15) is 4.31 Å². The molecule has 2 amide bonds. The molecule has 1 atom stereocenters. The van der Waals surface area contributed by atoms with E-state index in [0.29, 0.717) is 28.4 Å². The lowest BCUT2D eigenvalue weighted by Crippen LogP contribution is -2.36. The van der Waals surface area contributed by atoms with Crippen LogP contribution in [0.1, 0.15) is 12.5 Å². The van der Waals surface area contributed by atoms with Crippen molar-refractivity contribution < 1.29 is 32.2 Å². The summed E-state index contributed by atoms with van der Waals surface area (Å²) in [4.78, 5) is 24.3. The van der Waals surface area contributed by atoms with Gasteiger partial charge in [0.2, 0.25) is 15.9 Å². The zero-order valence-corrected chi connectivity index (χ0v) is 19.2. The maximum absolute atomic E-state index is 13.1. The molecule has 2 N–H and O–H groups in total. The predicted molar refractivity (Wildman–Crippen MR) is 118 cm³/mol. The number of nitrogens with one attached hydrogen (secondary N) is 2. The third-order valence-electron chi connectivity index (χ3n) is 4.90. The van der Waals surface area contributed by atoms with E-state index in [1.54, 1.807) is 32.0 Å². The van der Waals surface area contributed by atoms with Crippen molar-refractivity contribution in [1.29, 1.82) is 0 Å². The highest BCUT2D eigenvalue weighted by Crippen LogP contribution is 2.35. The summed E-state index contributed by atoms with van der Waals surface area (Å²) in [5, 5.41) is 5.32. The summed E-state index contributed by atoms with van der Waals surface area (Å²) in [5.74, 6) is 0.357. The summed E-state index contributed by atoms with van der Waals surface area (Å²) in [6, 6.07) is 7.72. The van der Waals surface area contributed by atoms with Crippen molar-refractivity contribution in [3.8, 4) is 17.2 Å². The zero-order chi connectivity index (χ0) is 23.6. The summed E-state index contributed by atoms with van der Waals surface area (Å²) >= 11 is 0. The van der Waals surface area contributed by atoms with Gasteiger partial charge in [0.15, 0.2) is 6.10 Å². The number of methoxy groups -OCH3 is 2. The Balaban J connectivity index is 1.79. The summed E-state index contributed by atoms with van der Waals surface area (Å²) in [5.41, 5.74) is 1.21. The van der Waals surface area contributed by atoms with Crippen LogP contribution in [-0.4, -0.2) is 58.5 Å². The number of carbonyl (C=O) groups excluding carboxylic acids is 2. The monoisotopic (exact) mass is 463 g/mol. The minimum Gasteiger partial charge on any atom is -0.497 e. The molecule has 0 bridgehead atoms. The standard InChI is InChI=1S/C21H25N3O7S/c1-12-6-17-18(31-13(2)21(26)23-17)10-19(12)32(27,28)24(3)11-20(25)22-14-7-15(29-4)9-16(8-14)30-5/h6-10,13H,11H2,1-5H3,(H,22,25)(H,23,26). The van der Waals surface area contributed by atoms with Crippen LogP contribution in [-0.2, 0) is 19.6 Å². The lowest BCUT2D eigenvalue weighted by atomic mass is 10.1. The Bertz CT molecular complexity index is 1140. The molecule has 10 nitrogen and oxygen atoms in total. The highest BCUT2D eigenvalue weighted by Gasteiger charge is 2.30. The van der Waals surface area contributed by atoms with Gasteiger partial charge in [-0.25, -0.2) is 8.42 Å². The van der Waals surface area contributed by atoms with E-state index in [-0.39, 0.29) is 16.6 Å². The number of sulfonamides is 1. The molecule has 11 heteroatoms. The number of fused-ring (bicyclic) bond motifs is 1. The third-order valence-corrected chi connectivity index (χ3v) is 6.84. The number of rotatable bonds is 7. The summed E-state index contributed by atoms with van der Waals surface area (Å²) in [7, 11) is 0.261. The lowest BCUT2D eigenvalue weighted by molar-refractivity contribution is -0.122. The molecule has 2 aromatic rings. The van der Waals surface area contributed by atoms with E-state index in [1.807, 2.05) is 0 Å². The van der Waals surface area contributed by atoms with E-state index < -0.39 is 28.6 Å². The maximum Gasteiger partial charge on any atom is 0.265 e. The van der Waals surface area contributed by atoms with Crippen LogP contribution in [0.15, 0.2) is 35.2 Å². The van der Waals surface area contributed by atoms with Crippen LogP contribution < -0.4 is 24.8 Å². The largest absolute Gasteiger partial charge is 0.497 e. The number of anilines is 2. The number of hydrogen-bond donors (Lipinski definition) is 2. The second-order valence-electron chi connectivity index (χ2n) is 7.27. The summed E-state index contributed by atoms with van der Waals surface area (Å²) in [6.45, 7) is 2.75. The number of amides is 2. The fraction of sp³-hybridized carbons (Fsp3) is 0.333. The minimum absolute atomic E-state index is 0.0158. The fourth-order valence-electron chi connectivity index (χ4n) is 3.16. The number of benzene rings is 2. The fourth-order valence-corrected chi connectivity index (χ4v) is 4.50. The molecule has 2 aromatic carbocycles. The van der Waals surface area contributed by atoms with Gasteiger partial charge in [-0.05, 0) is 25.5 Å². The average molecular weight is 464 g/mol. The van der Waals surface area contributed by atoms with Crippen LogP contribution in [0.4, 0.5) is 11.4 Å². The number of aryl methyl sites for hydroxylation is 1. The first kappa shape index (κ1) is 23.4. The molecular weight excluding hydrogens is 438 g/mol. The molecule has 0 spiro atoms. The Labute approximate surface area is 186 Å². The summed E-state index contributed by atoms with van der Waals surface area (Å²) in [6.07, 6.45) is -0.746. The van der Waals surface area contributed by atoms with Crippen molar-refractivity contribution in [3.05, 3.63) is 35.9 Å². The van der Waals surface area contributed by atoms with E-state index >= 15 is 0 Å². The molecule has 0 aromatic heterocycles. The SMILES string of the molecule is COc1cc(NC(=O)CN(C)S(=O)(=O)c2cc3c(cc2C)NC(=O)C(C)O3)cc(OC)c1. The van der Waals surface area contributed by atoms with Crippen LogP contribution >= 0.6 is 0 Å². The average Bonchev–Trinajstić information content (AvgIpc) is 2.73. The van der Waals surface area contributed by atoms with Crippen molar-refractivity contribution >= 4 is 33.2 Å². The molecule has 0 aliphatic carbocycles. The van der Waals surface area contributed by atoms with Crippen LogP contribution in [0.25, 0.3) is 0 Å². The van der Waals surface area contributed by atoms with Crippen molar-refractivity contribution in [1.82, 2.24) is 4.31 Å². The van der Waals surface area contributed by atoms with Gasteiger partial charge in [-0.1, -0.05) is 0 Å². The van der Waals surface area contributed by atoms with Crippen molar-refractivity contribution in [2.24, 2.45) is 0 Å². The highest BCUT2D eigenvalue weighted by molar-refractivity contribution is 7.89. The van der Waals surface area contributed by atoms with Gasteiger partial charge in [0, 0.05) is 37.0 Å². The lowest BCUT2D eigenvalue weighted by Gasteiger charge is -2.25. The van der Waals surface area contributed by atoms with E-state index in [4.69, 9.17) is 14.2 Å². The quantitative estimate of drug-likeness (QED) is 0.644. The number of likely N-dealkylation sites (N-methyl/N-ethyl adjacent to an activating group) is 1. The predicted octanol–water partition coefficient (Wildman–Crippen LogP) is 1.99. The van der Waals surface area contributed by atoms with Gasteiger partial charge in [-0.3, -0.25) is 9.59 Å². The Morgan fingerprint density at radius 3 is 2.38 bits per heavy atom. The maximum atomic E-state index is 13.1. The normalized spacial score (nSPS) is 15.4. The number of hydrogen-bond acceptors (Lipinski definition) is 7. The zero-order valence-electron chi connectivity index (χ0n) is 18.4. The smallest absolute Gasteiger partial charge is 0.265 e. The Morgan fingerprint density at radius 1 is 1.16 bits per heavy atom. The van der Waals surface area contributed by atoms with Gasteiger partial charge in [-0.15, -0.1) is 0 Å². The molecule has 0 saturated heterocycles. The molecule has 172 valence electrons. The second kappa shape index (κ2) is 9.05. The first-order valence-corrected chi connectivity index (χ1v) is 11.1. The van der Waals surface area contributed by atoms with Crippen molar-refractivity contribution in [2.75, 3.05) is 38.4 Å². The number of ether oxygens (including phenoxy) is 3. The Hall–Kier alpha value is -3.31. The van der Waals surface area contributed by atoms with Crippen LogP contribution in [0.2, 0.25) is 0 Å². The Kier molecular flexibility index (Phi) is 6.60. The van der Waals surface area contributed by atoms with Gasteiger partial charge in [0.1, 0.15) is 17.2 Å². The molecule has 0 fully saturated rings. The molecule has 3 rings (SSSR count). The molecule has 0 radical (unpaired) electrons. The highest BCUT2D eigenvalue weighted by atomic mass is 32.2. The van der Waals surface area contributed by atoms with Crippen molar-refractivity contribution in [3.63, 3.8) is 0 Å². The molecule has 1 aliphatic heterocycles. The van der Waals surface area contributed by atoms with Gasteiger partial charge >= 0.3 is 0 Å². The van der Waals surface area contributed by atoms with E-state index in [2.05, 4.69) is 10.6 Å². The minimum atomic E-state index is -4.02. The van der Waals surface area contributed by atoms with Gasteiger partial charge in [0.25, 0.3) is 5.91 Å².